The fourth-order valence-electron chi connectivity index (χ4n) is 6.35. The average molecular weight is 684 g/mol. The first-order valence-corrected chi connectivity index (χ1v) is 14.0. The Bertz CT molecular complexity index is 1010. The van der Waals surface area contributed by atoms with Crippen LogP contribution >= 0.6 is 0 Å². The van der Waals surface area contributed by atoms with Gasteiger partial charge in [0, 0.05) is 43.6 Å². The Labute approximate surface area is 238 Å². The third-order valence-corrected chi connectivity index (χ3v) is 8.39. The molecule has 2 saturated carbocycles. The fourth-order valence-corrected chi connectivity index (χ4v) is 6.35. The molecule has 0 aromatic heterocycles. The van der Waals surface area contributed by atoms with E-state index in [0.717, 1.165) is 33.7 Å². The summed E-state index contributed by atoms with van der Waals surface area (Å²) in [5.74, 6) is 1.60. The molecule has 0 aliphatic heterocycles. The summed E-state index contributed by atoms with van der Waals surface area (Å²) in [5.41, 5.74) is 5.53. The van der Waals surface area contributed by atoms with Crippen molar-refractivity contribution in [3.8, 4) is 11.5 Å². The summed E-state index contributed by atoms with van der Waals surface area (Å²) in [6.07, 6.45) is 12.4. The van der Waals surface area contributed by atoms with Crippen LogP contribution in [0.15, 0.2) is 46.4 Å². The number of hydrogen-bond acceptors (Lipinski definition) is 4. The minimum atomic E-state index is 0. The summed E-state index contributed by atoms with van der Waals surface area (Å²) in [4.78, 5) is 10.8. The third-order valence-electron chi connectivity index (χ3n) is 8.39. The average Bonchev–Trinajstić information content (AvgIpc) is 2.87. The first-order chi connectivity index (χ1) is 17.3. The van der Waals surface area contributed by atoms with E-state index < -0.39 is 0 Å². The molecule has 2 aliphatic carbocycles. The van der Waals surface area contributed by atoms with Gasteiger partial charge < -0.3 is 10.2 Å². The molecule has 2 atom stereocenters. The summed E-state index contributed by atoms with van der Waals surface area (Å²) < 4.78 is 0. The van der Waals surface area contributed by atoms with E-state index in [1.165, 1.54) is 64.2 Å². The molecule has 2 aliphatic rings. The number of aromatic hydroxyl groups is 2. The number of benzene rings is 2. The molecule has 2 aromatic carbocycles. The van der Waals surface area contributed by atoms with E-state index in [1.54, 1.807) is 0 Å². The van der Waals surface area contributed by atoms with Crippen molar-refractivity contribution in [2.45, 2.75) is 104 Å². The van der Waals surface area contributed by atoms with Gasteiger partial charge in [-0.15, -0.1) is 0 Å². The molecule has 37 heavy (non-hydrogen) atoms. The Kier molecular flexibility index (Phi) is 11.0. The Morgan fingerprint density at radius 2 is 1.00 bits per heavy atom. The number of nitrogens with zero attached hydrogens (tertiary/aromatic N) is 2. The van der Waals surface area contributed by atoms with Gasteiger partial charge in [-0.1, -0.05) is 50.7 Å². The maximum atomic E-state index is 10.7. The van der Waals surface area contributed by atoms with E-state index in [9.17, 15) is 10.2 Å². The van der Waals surface area contributed by atoms with Gasteiger partial charge in [0.05, 0.1) is 12.1 Å². The first kappa shape index (κ1) is 29.6. The van der Waals surface area contributed by atoms with E-state index >= 15 is 0 Å². The van der Waals surface area contributed by atoms with Crippen LogP contribution in [0.1, 0.15) is 100 Å². The molecule has 0 radical (unpaired) electrons. The zero-order valence-electron chi connectivity index (χ0n) is 22.9. The molecule has 0 heterocycles. The molecule has 0 saturated heterocycles. The van der Waals surface area contributed by atoms with Crippen molar-refractivity contribution in [2.75, 3.05) is 0 Å². The topological polar surface area (TPSA) is 65.2 Å². The van der Waals surface area contributed by atoms with Crippen LogP contribution in [-0.2, 0) is 21.1 Å². The molecule has 4 nitrogen and oxygen atoms in total. The van der Waals surface area contributed by atoms with E-state index in [1.807, 2.05) is 64.1 Å². The molecule has 204 valence electrons. The standard InChI is InChI=1S/C32H44N2O2.Pt/c1-21-15-17-27(29(35)19-21)23(3)33-31(25-11-7-5-8-12-25)32(26-13-9-6-10-14-26)34-24(4)28-18-16-22(2)20-30(28)36;/h15-20,25-26,31-32,35-36H,5-14H2,1-4H3;. The van der Waals surface area contributed by atoms with Crippen molar-refractivity contribution < 1.29 is 31.3 Å². The van der Waals surface area contributed by atoms with Crippen LogP contribution in [0.3, 0.4) is 0 Å². The Balaban J connectivity index is 0.00000380. The van der Waals surface area contributed by atoms with Crippen LogP contribution in [0.5, 0.6) is 11.5 Å². The van der Waals surface area contributed by atoms with Crippen LogP contribution in [0, 0.1) is 25.7 Å². The number of aryl methyl sites for hydroxylation is 2. The van der Waals surface area contributed by atoms with Crippen molar-refractivity contribution in [1.82, 2.24) is 0 Å². The predicted octanol–water partition coefficient (Wildman–Crippen LogP) is 7.93. The van der Waals surface area contributed by atoms with E-state index in [2.05, 4.69) is 0 Å². The minimum absolute atomic E-state index is 0. The van der Waals surface area contributed by atoms with Crippen molar-refractivity contribution in [1.29, 1.82) is 0 Å². The normalized spacial score (nSPS) is 19.8. The monoisotopic (exact) mass is 683 g/mol. The van der Waals surface area contributed by atoms with Crippen LogP contribution in [0.2, 0.25) is 0 Å². The third kappa shape index (κ3) is 7.56. The molecule has 5 heteroatoms. The summed E-state index contributed by atoms with van der Waals surface area (Å²) >= 11 is 0. The second-order valence-electron chi connectivity index (χ2n) is 11.2. The van der Waals surface area contributed by atoms with Crippen molar-refractivity contribution in [2.24, 2.45) is 21.8 Å². The number of rotatable bonds is 7. The molecule has 2 N–H and O–H groups in total. The summed E-state index contributed by atoms with van der Waals surface area (Å²) in [6, 6.07) is 11.9. The van der Waals surface area contributed by atoms with Gasteiger partial charge in [0.25, 0.3) is 0 Å². The largest absolute Gasteiger partial charge is 0.507 e. The summed E-state index contributed by atoms with van der Waals surface area (Å²) in [5, 5.41) is 21.4. The quantitative estimate of drug-likeness (QED) is 0.291. The van der Waals surface area contributed by atoms with Gasteiger partial charge in [0.1, 0.15) is 11.5 Å². The van der Waals surface area contributed by atoms with Gasteiger partial charge in [-0.25, -0.2) is 0 Å². The second-order valence-corrected chi connectivity index (χ2v) is 11.2. The molecule has 0 spiro atoms. The predicted molar refractivity (Wildman–Crippen MR) is 151 cm³/mol. The zero-order chi connectivity index (χ0) is 25.7. The molecule has 0 amide bonds. The van der Waals surface area contributed by atoms with Gasteiger partial charge >= 0.3 is 0 Å². The number of phenols is 2. The van der Waals surface area contributed by atoms with Crippen LogP contribution < -0.4 is 0 Å². The second kappa shape index (κ2) is 13.7. The van der Waals surface area contributed by atoms with E-state index in [0.29, 0.717) is 23.3 Å². The van der Waals surface area contributed by atoms with Crippen LogP contribution in [-0.4, -0.2) is 33.7 Å². The minimum Gasteiger partial charge on any atom is -0.507 e. The van der Waals surface area contributed by atoms with Gasteiger partial charge in [-0.05, 0) is 101 Å². The number of phenolic OH excluding ortho intramolecular Hbond substituents is 2. The van der Waals surface area contributed by atoms with Gasteiger partial charge in [0.15, 0.2) is 0 Å². The van der Waals surface area contributed by atoms with Crippen molar-refractivity contribution in [3.63, 3.8) is 0 Å². The maximum absolute atomic E-state index is 10.7. The molecule has 2 unspecified atom stereocenters. The van der Waals surface area contributed by atoms with Gasteiger partial charge in [-0.3, -0.25) is 9.98 Å². The maximum Gasteiger partial charge on any atom is 0.124 e. The van der Waals surface area contributed by atoms with E-state index in [4.69, 9.17) is 9.98 Å². The first-order valence-electron chi connectivity index (χ1n) is 14.0. The number of aliphatic imine (C=N–C) groups is 2. The van der Waals surface area contributed by atoms with Crippen LogP contribution in [0.25, 0.3) is 0 Å². The zero-order valence-corrected chi connectivity index (χ0v) is 25.2. The van der Waals surface area contributed by atoms with Crippen molar-refractivity contribution in [3.05, 3.63) is 58.7 Å². The molecule has 4 rings (SSSR count). The Morgan fingerprint density at radius 3 is 1.32 bits per heavy atom. The fraction of sp³-hybridized carbons (Fsp3) is 0.562. The molecule has 2 fully saturated rings. The number of hydrogen-bond donors (Lipinski definition) is 2. The summed E-state index contributed by atoms with van der Waals surface area (Å²) in [7, 11) is 0. The smallest absolute Gasteiger partial charge is 0.124 e. The van der Waals surface area contributed by atoms with Gasteiger partial charge in [-0.2, -0.15) is 0 Å². The molecule has 0 bridgehead atoms. The van der Waals surface area contributed by atoms with Gasteiger partial charge in [0.2, 0.25) is 0 Å². The SMILES string of the molecule is CC(=NC(C1CCCCC1)C(N=C(C)c1ccc(C)cc1O)C1CCCCC1)c1ccc(C)cc1O.[Pt]. The van der Waals surface area contributed by atoms with Crippen LogP contribution in [0.4, 0.5) is 0 Å². The Morgan fingerprint density at radius 1 is 0.649 bits per heavy atom. The summed E-state index contributed by atoms with van der Waals surface area (Å²) in [6.45, 7) is 8.08. The molecule has 2 aromatic rings. The molecular formula is C32H44N2O2Pt. The Hall–Kier alpha value is -1.93. The molecular weight excluding hydrogens is 639 g/mol. The van der Waals surface area contributed by atoms with E-state index in [-0.39, 0.29) is 33.1 Å². The van der Waals surface area contributed by atoms with Crippen molar-refractivity contribution >= 4 is 11.4 Å².